The zero-order valence-corrected chi connectivity index (χ0v) is 11.0. The Hall–Kier alpha value is -1.39. The fourth-order valence-corrected chi connectivity index (χ4v) is 2.65. The van der Waals surface area contributed by atoms with Crippen LogP contribution >= 0.6 is 0 Å². The number of hydrogen-bond acceptors (Lipinski definition) is 4. The van der Waals surface area contributed by atoms with E-state index in [1.165, 1.54) is 0 Å². The third-order valence-electron chi connectivity index (χ3n) is 3.75. The van der Waals surface area contributed by atoms with E-state index in [0.717, 1.165) is 5.56 Å². The highest BCUT2D eigenvalue weighted by atomic mass is 16.5. The summed E-state index contributed by atoms with van der Waals surface area (Å²) < 4.78 is 5.30. The normalized spacial score (nSPS) is 26.3. The van der Waals surface area contributed by atoms with Crippen LogP contribution in [0.5, 0.6) is 0 Å². The number of ether oxygens (including phenoxy) is 1. The van der Waals surface area contributed by atoms with Crippen LogP contribution in [0.4, 0.5) is 0 Å². The Morgan fingerprint density at radius 1 is 1.42 bits per heavy atom. The van der Waals surface area contributed by atoms with Crippen LogP contribution < -0.4 is 5.73 Å². The SMILES string of the molecule is NCCC1(O)CCC(C(=O)OCc2ccccc2)C1. The molecule has 0 radical (unpaired) electrons. The average molecular weight is 263 g/mol. The fraction of sp³-hybridized carbons (Fsp3) is 0.533. The molecule has 1 aromatic carbocycles. The van der Waals surface area contributed by atoms with Gasteiger partial charge in [0.25, 0.3) is 0 Å². The highest BCUT2D eigenvalue weighted by Gasteiger charge is 2.40. The molecule has 104 valence electrons. The van der Waals surface area contributed by atoms with E-state index in [1.54, 1.807) is 0 Å². The van der Waals surface area contributed by atoms with Gasteiger partial charge in [0.1, 0.15) is 6.61 Å². The number of esters is 1. The summed E-state index contributed by atoms with van der Waals surface area (Å²) in [6.45, 7) is 0.744. The topological polar surface area (TPSA) is 72.5 Å². The summed E-state index contributed by atoms with van der Waals surface area (Å²) in [5.41, 5.74) is 5.68. The summed E-state index contributed by atoms with van der Waals surface area (Å²) in [5.74, 6) is -0.405. The quantitative estimate of drug-likeness (QED) is 0.792. The van der Waals surface area contributed by atoms with Crippen molar-refractivity contribution in [1.82, 2.24) is 0 Å². The van der Waals surface area contributed by atoms with E-state index in [1.807, 2.05) is 30.3 Å². The second-order valence-electron chi connectivity index (χ2n) is 5.30. The van der Waals surface area contributed by atoms with Gasteiger partial charge in [-0.2, -0.15) is 0 Å². The molecule has 2 atom stereocenters. The number of benzene rings is 1. The van der Waals surface area contributed by atoms with Gasteiger partial charge < -0.3 is 15.6 Å². The Morgan fingerprint density at radius 3 is 2.84 bits per heavy atom. The van der Waals surface area contributed by atoms with Gasteiger partial charge in [-0.1, -0.05) is 30.3 Å². The zero-order chi connectivity index (χ0) is 13.7. The Balaban J connectivity index is 1.82. The molecular weight excluding hydrogens is 242 g/mol. The van der Waals surface area contributed by atoms with Gasteiger partial charge >= 0.3 is 5.97 Å². The molecule has 0 aliphatic heterocycles. The lowest BCUT2D eigenvalue weighted by molar-refractivity contribution is -0.150. The third-order valence-corrected chi connectivity index (χ3v) is 3.75. The molecule has 2 unspecified atom stereocenters. The second kappa shape index (κ2) is 6.17. The second-order valence-corrected chi connectivity index (χ2v) is 5.30. The number of carbonyl (C=O) groups excluding carboxylic acids is 1. The number of hydrogen-bond donors (Lipinski definition) is 2. The number of carbonyl (C=O) groups is 1. The molecule has 0 bridgehead atoms. The first-order chi connectivity index (χ1) is 9.13. The Morgan fingerprint density at radius 2 is 2.16 bits per heavy atom. The maximum atomic E-state index is 11.9. The van der Waals surface area contributed by atoms with Crippen LogP contribution in [0.3, 0.4) is 0 Å². The summed E-state index contributed by atoms with van der Waals surface area (Å²) in [4.78, 5) is 11.9. The average Bonchev–Trinajstić information content (AvgIpc) is 2.80. The third kappa shape index (κ3) is 3.78. The van der Waals surface area contributed by atoms with E-state index in [-0.39, 0.29) is 11.9 Å². The fourth-order valence-electron chi connectivity index (χ4n) is 2.65. The molecule has 19 heavy (non-hydrogen) atoms. The first-order valence-corrected chi connectivity index (χ1v) is 6.76. The van der Waals surface area contributed by atoms with Gasteiger partial charge in [-0.05, 0) is 37.8 Å². The van der Waals surface area contributed by atoms with Crippen LogP contribution in [-0.4, -0.2) is 23.2 Å². The largest absolute Gasteiger partial charge is 0.461 e. The molecule has 1 aliphatic carbocycles. The first kappa shape index (κ1) is 14.0. The molecule has 0 amide bonds. The summed E-state index contributed by atoms with van der Waals surface area (Å²) in [5, 5.41) is 10.2. The molecule has 3 N–H and O–H groups in total. The molecule has 1 aliphatic rings. The van der Waals surface area contributed by atoms with E-state index in [0.29, 0.717) is 38.8 Å². The van der Waals surface area contributed by atoms with Crippen molar-refractivity contribution in [3.8, 4) is 0 Å². The molecule has 4 heteroatoms. The smallest absolute Gasteiger partial charge is 0.309 e. The Kier molecular flexibility index (Phi) is 4.56. The van der Waals surface area contributed by atoms with Crippen LogP contribution in [0, 0.1) is 5.92 Å². The van der Waals surface area contributed by atoms with Crippen molar-refractivity contribution in [2.24, 2.45) is 11.7 Å². The molecule has 4 nitrogen and oxygen atoms in total. The molecule has 1 fully saturated rings. The molecule has 2 rings (SSSR count). The van der Waals surface area contributed by atoms with Crippen molar-refractivity contribution in [2.45, 2.75) is 37.9 Å². The zero-order valence-electron chi connectivity index (χ0n) is 11.0. The van der Waals surface area contributed by atoms with Gasteiger partial charge in [0.15, 0.2) is 0 Å². The lowest BCUT2D eigenvalue weighted by atomic mass is 9.96. The number of nitrogens with two attached hydrogens (primary N) is 1. The Labute approximate surface area is 113 Å². The van der Waals surface area contributed by atoms with Crippen LogP contribution in [0.25, 0.3) is 0 Å². The van der Waals surface area contributed by atoms with Crippen LogP contribution in [0.2, 0.25) is 0 Å². The highest BCUT2D eigenvalue weighted by molar-refractivity contribution is 5.73. The number of aliphatic hydroxyl groups is 1. The van der Waals surface area contributed by atoms with Crippen LogP contribution in [0.1, 0.15) is 31.2 Å². The summed E-state index contributed by atoms with van der Waals surface area (Å²) in [6.07, 6.45) is 2.34. The monoisotopic (exact) mass is 263 g/mol. The predicted octanol–water partition coefficient (Wildman–Crippen LogP) is 1.61. The van der Waals surface area contributed by atoms with Crippen molar-refractivity contribution >= 4 is 5.97 Å². The van der Waals surface area contributed by atoms with Gasteiger partial charge in [0.2, 0.25) is 0 Å². The van der Waals surface area contributed by atoms with E-state index in [9.17, 15) is 9.90 Å². The minimum Gasteiger partial charge on any atom is -0.461 e. The van der Waals surface area contributed by atoms with Crippen molar-refractivity contribution in [3.05, 3.63) is 35.9 Å². The summed E-state index contributed by atoms with van der Waals surface area (Å²) >= 11 is 0. The van der Waals surface area contributed by atoms with Gasteiger partial charge in [-0.3, -0.25) is 4.79 Å². The van der Waals surface area contributed by atoms with Gasteiger partial charge in [-0.25, -0.2) is 0 Å². The summed E-state index contributed by atoms with van der Waals surface area (Å²) in [6, 6.07) is 9.60. The molecule has 0 heterocycles. The van der Waals surface area contributed by atoms with Gasteiger partial charge in [-0.15, -0.1) is 0 Å². The molecule has 1 aromatic rings. The van der Waals surface area contributed by atoms with Crippen LogP contribution in [0.15, 0.2) is 30.3 Å². The van der Waals surface area contributed by atoms with E-state index in [4.69, 9.17) is 10.5 Å². The maximum Gasteiger partial charge on any atom is 0.309 e. The van der Waals surface area contributed by atoms with Crippen molar-refractivity contribution in [3.63, 3.8) is 0 Å². The van der Waals surface area contributed by atoms with Gasteiger partial charge in [0, 0.05) is 0 Å². The van der Waals surface area contributed by atoms with Gasteiger partial charge in [0.05, 0.1) is 11.5 Å². The molecule has 0 saturated heterocycles. The molecular formula is C15H21NO3. The van der Waals surface area contributed by atoms with E-state index < -0.39 is 5.60 Å². The lowest BCUT2D eigenvalue weighted by Gasteiger charge is -2.21. The lowest BCUT2D eigenvalue weighted by Crippen LogP contribution is -2.29. The Bertz CT molecular complexity index is 421. The highest BCUT2D eigenvalue weighted by Crippen LogP contribution is 2.37. The predicted molar refractivity (Wildman–Crippen MR) is 72.2 cm³/mol. The standard InChI is InChI=1S/C15H21NO3/c16-9-8-15(18)7-6-13(10-15)14(17)19-11-12-4-2-1-3-5-12/h1-5,13,18H,6-11,16H2. The maximum absolute atomic E-state index is 11.9. The minimum atomic E-state index is -0.773. The van der Waals surface area contributed by atoms with Crippen LogP contribution in [-0.2, 0) is 16.1 Å². The van der Waals surface area contributed by atoms with E-state index >= 15 is 0 Å². The summed E-state index contributed by atoms with van der Waals surface area (Å²) in [7, 11) is 0. The molecule has 1 saturated carbocycles. The first-order valence-electron chi connectivity index (χ1n) is 6.76. The minimum absolute atomic E-state index is 0.194. The molecule has 0 aromatic heterocycles. The van der Waals surface area contributed by atoms with Crippen molar-refractivity contribution < 1.29 is 14.6 Å². The van der Waals surface area contributed by atoms with Crippen molar-refractivity contribution in [2.75, 3.05) is 6.54 Å². The number of rotatable bonds is 5. The van der Waals surface area contributed by atoms with Crippen molar-refractivity contribution in [1.29, 1.82) is 0 Å². The van der Waals surface area contributed by atoms with E-state index in [2.05, 4.69) is 0 Å². The molecule has 0 spiro atoms.